The zero-order chi connectivity index (χ0) is 15.1. The summed E-state index contributed by atoms with van der Waals surface area (Å²) in [6.07, 6.45) is 0.715. The third kappa shape index (κ3) is 4.62. The number of carboxylic acid groups (broad SMARTS) is 1. The molecule has 0 aliphatic carbocycles. The van der Waals surface area contributed by atoms with Crippen molar-refractivity contribution < 1.29 is 23.8 Å². The van der Waals surface area contributed by atoms with Crippen LogP contribution in [0.5, 0.6) is 0 Å². The number of aliphatic carboxylic acids is 1. The average Bonchev–Trinajstić information content (AvgIpc) is 2.40. The number of carbonyl (C=O) groups excluding carboxylic acids is 1. The molecule has 0 aliphatic rings. The summed E-state index contributed by atoms with van der Waals surface area (Å²) in [6, 6.07) is 3.06. The van der Waals surface area contributed by atoms with E-state index in [1.165, 1.54) is 19.2 Å². The van der Waals surface area contributed by atoms with Gasteiger partial charge >= 0.3 is 5.97 Å². The molecule has 1 unspecified atom stereocenters. The van der Waals surface area contributed by atoms with Gasteiger partial charge in [-0.25, -0.2) is 9.18 Å². The van der Waals surface area contributed by atoms with Crippen molar-refractivity contribution in [1.82, 2.24) is 5.32 Å². The Labute approximate surface area is 116 Å². The molecule has 1 aromatic rings. The van der Waals surface area contributed by atoms with Gasteiger partial charge in [0.15, 0.2) is 0 Å². The smallest absolute Gasteiger partial charge is 0.326 e. The molecule has 1 amide bonds. The van der Waals surface area contributed by atoms with Gasteiger partial charge in [0.05, 0.1) is 5.56 Å². The lowest BCUT2D eigenvalue weighted by atomic mass is 10.1. The normalized spacial score (nSPS) is 11.9. The molecule has 1 aromatic carbocycles. The van der Waals surface area contributed by atoms with Crippen LogP contribution < -0.4 is 5.32 Å². The van der Waals surface area contributed by atoms with E-state index in [9.17, 15) is 14.0 Å². The van der Waals surface area contributed by atoms with Crippen molar-refractivity contribution >= 4 is 11.9 Å². The average molecular weight is 283 g/mol. The molecule has 0 saturated heterocycles. The zero-order valence-electron chi connectivity index (χ0n) is 11.5. The van der Waals surface area contributed by atoms with Crippen LogP contribution in [-0.4, -0.2) is 36.7 Å². The van der Waals surface area contributed by atoms with Gasteiger partial charge in [0.1, 0.15) is 11.9 Å². The summed E-state index contributed by atoms with van der Waals surface area (Å²) in [5, 5.41) is 11.4. The van der Waals surface area contributed by atoms with Crippen LogP contribution in [0.1, 0.15) is 28.8 Å². The molecule has 6 heteroatoms. The Bertz CT molecular complexity index is 490. The Balaban J connectivity index is 2.75. The summed E-state index contributed by atoms with van der Waals surface area (Å²) in [4.78, 5) is 23.0. The van der Waals surface area contributed by atoms with Crippen LogP contribution >= 0.6 is 0 Å². The Morgan fingerprint density at radius 1 is 1.45 bits per heavy atom. The molecule has 0 radical (unpaired) electrons. The first-order valence-electron chi connectivity index (χ1n) is 6.24. The molecular formula is C14H18FNO4. The quantitative estimate of drug-likeness (QED) is 0.747. The number of carbonyl (C=O) groups is 2. The summed E-state index contributed by atoms with van der Waals surface area (Å²) in [5.41, 5.74) is 0.575. The highest BCUT2D eigenvalue weighted by molar-refractivity contribution is 5.96. The highest BCUT2D eigenvalue weighted by atomic mass is 19.1. The summed E-state index contributed by atoms with van der Waals surface area (Å²) < 4.78 is 18.4. The largest absolute Gasteiger partial charge is 0.480 e. The molecule has 0 bridgehead atoms. The number of amides is 1. The molecule has 1 atom stereocenters. The van der Waals surface area contributed by atoms with Gasteiger partial charge in [0.2, 0.25) is 0 Å². The second-order valence-corrected chi connectivity index (χ2v) is 4.48. The van der Waals surface area contributed by atoms with Crippen molar-refractivity contribution in [2.45, 2.75) is 25.8 Å². The minimum atomic E-state index is -1.15. The van der Waals surface area contributed by atoms with Crippen LogP contribution in [0.15, 0.2) is 18.2 Å². The summed E-state index contributed by atoms with van der Waals surface area (Å²) in [7, 11) is 1.51. The van der Waals surface area contributed by atoms with E-state index in [1.807, 2.05) is 0 Å². The molecule has 5 nitrogen and oxygen atoms in total. The Morgan fingerprint density at radius 3 is 2.75 bits per heavy atom. The maximum Gasteiger partial charge on any atom is 0.326 e. The van der Waals surface area contributed by atoms with Crippen molar-refractivity contribution in [2.24, 2.45) is 0 Å². The molecule has 0 aliphatic heterocycles. The molecule has 1 rings (SSSR count). The number of methoxy groups -OCH3 is 1. The first-order valence-corrected chi connectivity index (χ1v) is 6.24. The van der Waals surface area contributed by atoms with Gasteiger partial charge in [-0.15, -0.1) is 0 Å². The van der Waals surface area contributed by atoms with Crippen molar-refractivity contribution in [1.29, 1.82) is 0 Å². The van der Waals surface area contributed by atoms with Gasteiger partial charge in [-0.3, -0.25) is 4.79 Å². The molecule has 0 aromatic heterocycles. The van der Waals surface area contributed by atoms with Crippen LogP contribution in [0, 0.1) is 12.7 Å². The third-order valence-corrected chi connectivity index (χ3v) is 2.81. The molecule has 0 spiro atoms. The fraction of sp³-hybridized carbons (Fsp3) is 0.429. The lowest BCUT2D eigenvalue weighted by Crippen LogP contribution is -2.41. The Hall–Kier alpha value is -1.95. The minimum absolute atomic E-state index is 0.150. The molecular weight excluding hydrogens is 265 g/mol. The first-order chi connectivity index (χ1) is 9.45. The standard InChI is InChI=1S/C14H18FNO4/c1-9-5-6-11(15)10(8-9)13(17)16-12(14(18)19)4-3-7-20-2/h5-6,8,12H,3-4,7H2,1-2H3,(H,16,17)(H,18,19). The van der Waals surface area contributed by atoms with Gasteiger partial charge in [-0.2, -0.15) is 0 Å². The predicted molar refractivity (Wildman–Crippen MR) is 71.1 cm³/mol. The van der Waals surface area contributed by atoms with Crippen molar-refractivity contribution in [3.63, 3.8) is 0 Å². The monoisotopic (exact) mass is 283 g/mol. The van der Waals surface area contributed by atoms with Gasteiger partial charge in [0.25, 0.3) is 5.91 Å². The van der Waals surface area contributed by atoms with Crippen molar-refractivity contribution in [3.05, 3.63) is 35.1 Å². The fourth-order valence-corrected chi connectivity index (χ4v) is 1.74. The van der Waals surface area contributed by atoms with E-state index < -0.39 is 23.7 Å². The van der Waals surface area contributed by atoms with Crippen LogP contribution in [0.2, 0.25) is 0 Å². The zero-order valence-corrected chi connectivity index (χ0v) is 11.5. The number of nitrogens with one attached hydrogen (secondary N) is 1. The summed E-state index contributed by atoms with van der Waals surface area (Å²) >= 11 is 0. The molecule has 110 valence electrons. The van der Waals surface area contributed by atoms with Crippen LogP contribution in [0.25, 0.3) is 0 Å². The maximum atomic E-state index is 13.5. The van der Waals surface area contributed by atoms with E-state index >= 15 is 0 Å². The second-order valence-electron chi connectivity index (χ2n) is 4.48. The lowest BCUT2D eigenvalue weighted by Gasteiger charge is -2.14. The van der Waals surface area contributed by atoms with Crippen LogP contribution in [0.3, 0.4) is 0 Å². The maximum absolute atomic E-state index is 13.5. The van der Waals surface area contributed by atoms with Crippen molar-refractivity contribution in [3.8, 4) is 0 Å². The number of hydrogen-bond donors (Lipinski definition) is 2. The summed E-state index contributed by atoms with van der Waals surface area (Å²) in [5.74, 6) is -2.55. The first kappa shape index (κ1) is 16.1. The molecule has 0 fully saturated rings. The highest BCUT2D eigenvalue weighted by Gasteiger charge is 2.21. The van der Waals surface area contributed by atoms with Crippen LogP contribution in [-0.2, 0) is 9.53 Å². The van der Waals surface area contributed by atoms with E-state index in [0.717, 1.165) is 5.56 Å². The number of hydrogen-bond acceptors (Lipinski definition) is 3. The van der Waals surface area contributed by atoms with Crippen LogP contribution in [0.4, 0.5) is 4.39 Å². The fourth-order valence-electron chi connectivity index (χ4n) is 1.74. The SMILES string of the molecule is COCCCC(NC(=O)c1cc(C)ccc1F)C(=O)O. The van der Waals surface area contributed by atoms with Crippen molar-refractivity contribution in [2.75, 3.05) is 13.7 Å². The number of ether oxygens (including phenoxy) is 1. The number of aryl methyl sites for hydroxylation is 1. The number of halogens is 1. The number of benzene rings is 1. The van der Waals surface area contributed by atoms with E-state index in [-0.39, 0.29) is 12.0 Å². The van der Waals surface area contributed by atoms with Gasteiger partial charge < -0.3 is 15.2 Å². The number of rotatable bonds is 7. The second kappa shape index (κ2) is 7.59. The van der Waals surface area contributed by atoms with E-state index in [0.29, 0.717) is 13.0 Å². The molecule has 0 heterocycles. The topological polar surface area (TPSA) is 75.6 Å². The lowest BCUT2D eigenvalue weighted by molar-refractivity contribution is -0.139. The van der Waals surface area contributed by atoms with Gasteiger partial charge in [-0.1, -0.05) is 11.6 Å². The Kier molecular flexibility index (Phi) is 6.11. The van der Waals surface area contributed by atoms with E-state index in [1.54, 1.807) is 13.0 Å². The van der Waals surface area contributed by atoms with E-state index in [4.69, 9.17) is 9.84 Å². The molecule has 20 heavy (non-hydrogen) atoms. The molecule has 2 N–H and O–H groups in total. The summed E-state index contributed by atoms with van der Waals surface area (Å²) in [6.45, 7) is 2.13. The number of carboxylic acids is 1. The Morgan fingerprint density at radius 2 is 2.15 bits per heavy atom. The van der Waals surface area contributed by atoms with E-state index in [2.05, 4.69) is 5.32 Å². The minimum Gasteiger partial charge on any atom is -0.480 e. The predicted octanol–water partition coefficient (Wildman–Crippen LogP) is 1.74. The van der Waals surface area contributed by atoms with Gasteiger partial charge in [0, 0.05) is 13.7 Å². The third-order valence-electron chi connectivity index (χ3n) is 2.81. The highest BCUT2D eigenvalue weighted by Crippen LogP contribution is 2.11. The van der Waals surface area contributed by atoms with Gasteiger partial charge in [-0.05, 0) is 31.9 Å². The molecule has 0 saturated carbocycles.